The molecule has 7 nitrogen and oxygen atoms in total. The summed E-state index contributed by atoms with van der Waals surface area (Å²) in [6, 6.07) is -0.199. The van der Waals surface area contributed by atoms with Gasteiger partial charge in [0.25, 0.3) is 0 Å². The Labute approximate surface area is 112 Å². The van der Waals surface area contributed by atoms with Gasteiger partial charge in [-0.3, -0.25) is 9.89 Å². The molecule has 0 saturated carbocycles. The maximum absolute atomic E-state index is 12.4. The minimum atomic E-state index is -0.979. The summed E-state index contributed by atoms with van der Waals surface area (Å²) < 4.78 is 0. The molecule has 0 aliphatic carbocycles. The molecule has 106 valence electrons. The van der Waals surface area contributed by atoms with E-state index in [1.165, 1.54) is 0 Å². The summed E-state index contributed by atoms with van der Waals surface area (Å²) in [5.74, 6) is -0.309. The van der Waals surface area contributed by atoms with Gasteiger partial charge >= 0.3 is 0 Å². The highest BCUT2D eigenvalue weighted by atomic mass is 16.4. The van der Waals surface area contributed by atoms with Crippen molar-refractivity contribution in [2.24, 2.45) is 16.3 Å². The molecule has 1 rings (SSSR count). The largest absolute Gasteiger partial charge is 0.409 e. The number of oxime groups is 1. The maximum Gasteiger partial charge on any atom is 0.234 e. The van der Waals surface area contributed by atoms with Crippen LogP contribution in [-0.2, 0) is 4.79 Å². The van der Waals surface area contributed by atoms with E-state index in [1.54, 1.807) is 12.4 Å². The normalized spacial score (nSPS) is 14.2. The fraction of sp³-hybridized carbons (Fsp3) is 0.583. The predicted molar refractivity (Wildman–Crippen MR) is 71.6 cm³/mol. The number of nitrogens with two attached hydrogens (primary N) is 1. The predicted octanol–water partition coefficient (Wildman–Crippen LogP) is 1.14. The molecular weight excluding hydrogens is 246 g/mol. The molecular formula is C12H21N5O2. The van der Waals surface area contributed by atoms with Gasteiger partial charge < -0.3 is 16.3 Å². The molecule has 0 aliphatic rings. The van der Waals surface area contributed by atoms with Gasteiger partial charge in [-0.2, -0.15) is 5.10 Å². The molecule has 0 saturated heterocycles. The first kappa shape index (κ1) is 15.0. The van der Waals surface area contributed by atoms with Crippen LogP contribution in [0.4, 0.5) is 0 Å². The van der Waals surface area contributed by atoms with Crippen molar-refractivity contribution >= 4 is 11.7 Å². The Morgan fingerprint density at radius 2 is 2.26 bits per heavy atom. The zero-order chi connectivity index (χ0) is 14.5. The lowest BCUT2D eigenvalue weighted by molar-refractivity contribution is -0.128. The van der Waals surface area contributed by atoms with Crippen LogP contribution in [0.5, 0.6) is 0 Å². The quantitative estimate of drug-likeness (QED) is 0.267. The third-order valence-electron chi connectivity index (χ3n) is 3.61. The second-order valence-electron chi connectivity index (χ2n) is 4.50. The van der Waals surface area contributed by atoms with Gasteiger partial charge in [-0.1, -0.05) is 19.0 Å². The van der Waals surface area contributed by atoms with Crippen LogP contribution in [0.15, 0.2) is 17.5 Å². The van der Waals surface area contributed by atoms with Crippen molar-refractivity contribution < 1.29 is 10.0 Å². The molecule has 1 heterocycles. The van der Waals surface area contributed by atoms with Gasteiger partial charge in [0.2, 0.25) is 5.91 Å². The Morgan fingerprint density at radius 1 is 1.63 bits per heavy atom. The number of nitrogens with zero attached hydrogens (tertiary/aromatic N) is 2. The van der Waals surface area contributed by atoms with Crippen LogP contribution in [-0.4, -0.2) is 27.1 Å². The van der Waals surface area contributed by atoms with E-state index in [0.29, 0.717) is 12.8 Å². The molecule has 0 radical (unpaired) electrons. The highest BCUT2D eigenvalue weighted by Gasteiger charge is 2.40. The van der Waals surface area contributed by atoms with Crippen molar-refractivity contribution in [3.63, 3.8) is 0 Å². The van der Waals surface area contributed by atoms with Crippen molar-refractivity contribution in [2.75, 3.05) is 0 Å². The fourth-order valence-corrected chi connectivity index (χ4v) is 2.06. The number of aromatic amines is 1. The fourth-order valence-electron chi connectivity index (χ4n) is 2.06. The zero-order valence-electron chi connectivity index (χ0n) is 11.5. The average molecular weight is 267 g/mol. The number of carbonyl (C=O) groups is 1. The first-order valence-electron chi connectivity index (χ1n) is 6.29. The van der Waals surface area contributed by atoms with Crippen LogP contribution in [0.25, 0.3) is 0 Å². The number of carbonyl (C=O) groups excluding carboxylic acids is 1. The monoisotopic (exact) mass is 267 g/mol. The number of amides is 1. The number of hydrogen-bond acceptors (Lipinski definition) is 4. The zero-order valence-corrected chi connectivity index (χ0v) is 11.5. The lowest BCUT2D eigenvalue weighted by Crippen LogP contribution is -2.49. The number of amidine groups is 1. The molecule has 1 atom stereocenters. The average Bonchev–Trinajstić information content (AvgIpc) is 2.94. The van der Waals surface area contributed by atoms with Gasteiger partial charge in [-0.05, 0) is 19.8 Å². The molecule has 5 N–H and O–H groups in total. The second kappa shape index (κ2) is 6.21. The van der Waals surface area contributed by atoms with Crippen molar-refractivity contribution in [3.05, 3.63) is 18.0 Å². The van der Waals surface area contributed by atoms with Gasteiger partial charge in [0.15, 0.2) is 5.84 Å². The smallest absolute Gasteiger partial charge is 0.234 e. The molecule has 0 aliphatic heterocycles. The lowest BCUT2D eigenvalue weighted by Gasteiger charge is -2.30. The molecule has 1 aromatic heterocycles. The van der Waals surface area contributed by atoms with E-state index in [0.717, 1.165) is 5.56 Å². The first-order chi connectivity index (χ1) is 9.01. The van der Waals surface area contributed by atoms with Gasteiger partial charge in [-0.15, -0.1) is 0 Å². The maximum atomic E-state index is 12.4. The summed E-state index contributed by atoms with van der Waals surface area (Å²) in [5.41, 5.74) is 5.58. The summed E-state index contributed by atoms with van der Waals surface area (Å²) >= 11 is 0. The summed E-state index contributed by atoms with van der Waals surface area (Å²) in [6.07, 6.45) is 4.29. The molecule has 0 bridgehead atoms. The highest BCUT2D eigenvalue weighted by molar-refractivity contribution is 6.06. The number of aromatic nitrogens is 2. The summed E-state index contributed by atoms with van der Waals surface area (Å²) in [5, 5.41) is 21.3. The van der Waals surface area contributed by atoms with Crippen molar-refractivity contribution in [2.45, 2.75) is 39.7 Å². The topological polar surface area (TPSA) is 116 Å². The molecule has 1 unspecified atom stereocenters. The number of H-pyrrole nitrogens is 1. The molecule has 1 amide bonds. The van der Waals surface area contributed by atoms with E-state index in [9.17, 15) is 4.79 Å². The molecule has 7 heteroatoms. The Balaban J connectivity index is 2.90. The van der Waals surface area contributed by atoms with Gasteiger partial charge in [0, 0.05) is 11.8 Å². The molecule has 0 spiro atoms. The van der Waals surface area contributed by atoms with Crippen LogP contribution >= 0.6 is 0 Å². The van der Waals surface area contributed by atoms with Crippen LogP contribution in [0, 0.1) is 5.41 Å². The summed E-state index contributed by atoms with van der Waals surface area (Å²) in [7, 11) is 0. The second-order valence-corrected chi connectivity index (χ2v) is 4.50. The Morgan fingerprint density at radius 3 is 2.68 bits per heavy atom. The van der Waals surface area contributed by atoms with E-state index in [1.807, 2.05) is 20.8 Å². The summed E-state index contributed by atoms with van der Waals surface area (Å²) in [6.45, 7) is 5.53. The van der Waals surface area contributed by atoms with Crippen LogP contribution in [0.2, 0.25) is 0 Å². The molecule has 0 aromatic carbocycles. The van der Waals surface area contributed by atoms with Gasteiger partial charge in [-0.25, -0.2) is 0 Å². The van der Waals surface area contributed by atoms with Gasteiger partial charge in [0.05, 0.1) is 12.2 Å². The third-order valence-corrected chi connectivity index (χ3v) is 3.61. The number of nitrogens with one attached hydrogen (secondary N) is 2. The van der Waals surface area contributed by atoms with Crippen LogP contribution in [0.1, 0.15) is 45.2 Å². The van der Waals surface area contributed by atoms with Crippen molar-refractivity contribution in [1.82, 2.24) is 15.5 Å². The van der Waals surface area contributed by atoms with E-state index in [2.05, 4.69) is 20.7 Å². The SMILES string of the molecule is CCC(CC)(C(=O)NC(C)c1cn[nH]c1)C(N)=NO. The Hall–Kier alpha value is -2.05. The van der Waals surface area contributed by atoms with Gasteiger partial charge in [0.1, 0.15) is 5.41 Å². The van der Waals surface area contributed by atoms with Crippen LogP contribution in [0.3, 0.4) is 0 Å². The van der Waals surface area contributed by atoms with E-state index >= 15 is 0 Å². The number of hydrogen-bond donors (Lipinski definition) is 4. The number of rotatable bonds is 6. The molecule has 1 aromatic rings. The summed E-state index contributed by atoms with van der Waals surface area (Å²) in [4.78, 5) is 12.4. The Kier molecular flexibility index (Phi) is 4.91. The van der Waals surface area contributed by atoms with Crippen molar-refractivity contribution in [1.29, 1.82) is 0 Å². The lowest BCUT2D eigenvalue weighted by atomic mass is 9.80. The highest BCUT2D eigenvalue weighted by Crippen LogP contribution is 2.28. The van der Waals surface area contributed by atoms with Crippen LogP contribution < -0.4 is 11.1 Å². The standard InChI is InChI=1S/C12H21N5O2/c1-4-12(5-2,10(13)17-19)11(18)16-8(3)9-6-14-15-7-9/h6-8,19H,4-5H2,1-3H3,(H2,13,17)(H,14,15)(H,16,18). The third kappa shape index (κ3) is 2.86. The van der Waals surface area contributed by atoms with E-state index in [-0.39, 0.29) is 17.8 Å². The molecule has 19 heavy (non-hydrogen) atoms. The minimum absolute atomic E-state index is 0.0607. The minimum Gasteiger partial charge on any atom is -0.409 e. The molecule has 0 fully saturated rings. The van der Waals surface area contributed by atoms with E-state index in [4.69, 9.17) is 10.9 Å². The van der Waals surface area contributed by atoms with Crippen molar-refractivity contribution in [3.8, 4) is 0 Å². The van der Waals surface area contributed by atoms with E-state index < -0.39 is 5.41 Å². The Bertz CT molecular complexity index is 437. The first-order valence-corrected chi connectivity index (χ1v) is 6.29.